The maximum absolute atomic E-state index is 12.8. The number of rotatable bonds is 3. The third-order valence-corrected chi connectivity index (χ3v) is 3.81. The molecule has 0 aromatic heterocycles. The number of aryl methyl sites for hydroxylation is 1. The lowest BCUT2D eigenvalue weighted by atomic mass is 9.89. The molecule has 1 aromatic carbocycles. The van der Waals surface area contributed by atoms with Crippen LogP contribution >= 0.6 is 0 Å². The van der Waals surface area contributed by atoms with Gasteiger partial charge in [-0.25, -0.2) is 0 Å². The summed E-state index contributed by atoms with van der Waals surface area (Å²) < 4.78 is 10.8. The van der Waals surface area contributed by atoms with Gasteiger partial charge in [0.1, 0.15) is 11.7 Å². The molecule has 0 saturated heterocycles. The number of ether oxygens (including phenoxy) is 2. The van der Waals surface area contributed by atoms with Crippen molar-refractivity contribution in [1.82, 2.24) is 0 Å². The number of ketones is 1. The second kappa shape index (κ2) is 6.29. The summed E-state index contributed by atoms with van der Waals surface area (Å²) in [7, 11) is 0. The monoisotopic (exact) mass is 290 g/mol. The first-order chi connectivity index (χ1) is 9.97. The minimum absolute atomic E-state index is 0.180. The van der Waals surface area contributed by atoms with Gasteiger partial charge < -0.3 is 9.47 Å². The molecular weight excluding hydrogens is 268 g/mol. The number of esters is 1. The quantitative estimate of drug-likeness (QED) is 0.633. The van der Waals surface area contributed by atoms with E-state index in [4.69, 9.17) is 9.47 Å². The molecule has 2 rings (SSSR count). The number of Topliss-reactive ketones (excluding diaryl/α,β-unsaturated/α-hetero) is 1. The topological polar surface area (TPSA) is 52.6 Å². The van der Waals surface area contributed by atoms with Gasteiger partial charge in [-0.3, -0.25) is 9.59 Å². The molecule has 0 spiro atoms. The predicted octanol–water partition coefficient (Wildman–Crippen LogP) is 3.26. The van der Waals surface area contributed by atoms with E-state index in [1.54, 1.807) is 6.92 Å². The molecule has 1 aliphatic rings. The average Bonchev–Trinajstić information content (AvgIpc) is 2.59. The van der Waals surface area contributed by atoms with E-state index in [9.17, 15) is 9.59 Å². The molecule has 1 heterocycles. The molecule has 0 radical (unpaired) electrons. The van der Waals surface area contributed by atoms with E-state index in [1.165, 1.54) is 0 Å². The molecular formula is C17H22O4. The van der Waals surface area contributed by atoms with Crippen molar-refractivity contribution >= 4 is 11.8 Å². The van der Waals surface area contributed by atoms with E-state index in [1.807, 2.05) is 19.1 Å². The highest BCUT2D eigenvalue weighted by Gasteiger charge is 2.35. The van der Waals surface area contributed by atoms with E-state index in [-0.39, 0.29) is 18.3 Å². The molecule has 0 bridgehead atoms. The summed E-state index contributed by atoms with van der Waals surface area (Å²) in [6.45, 7) is 8.37. The van der Waals surface area contributed by atoms with Gasteiger partial charge in [0, 0.05) is 6.42 Å². The van der Waals surface area contributed by atoms with Gasteiger partial charge in [0.2, 0.25) is 0 Å². The van der Waals surface area contributed by atoms with Crippen LogP contribution in [-0.4, -0.2) is 25.0 Å². The maximum atomic E-state index is 12.8. The standard InChI is InChI=1S/C17H22O4/c1-5-20-17(19)13-8-9-21-16-12(10(2)3)7-6-11(4)14(16)15(13)18/h6-7,10,13H,5,8-9H2,1-4H3. The van der Waals surface area contributed by atoms with E-state index >= 15 is 0 Å². The van der Waals surface area contributed by atoms with Crippen LogP contribution in [0.4, 0.5) is 0 Å². The Kier molecular flexibility index (Phi) is 4.66. The minimum Gasteiger partial charge on any atom is -0.492 e. The van der Waals surface area contributed by atoms with Crippen molar-refractivity contribution in [3.05, 3.63) is 28.8 Å². The predicted molar refractivity (Wildman–Crippen MR) is 79.8 cm³/mol. The number of carbonyl (C=O) groups is 2. The molecule has 1 aromatic rings. The molecule has 0 saturated carbocycles. The fraction of sp³-hybridized carbons (Fsp3) is 0.529. The van der Waals surface area contributed by atoms with Crippen LogP contribution in [0.2, 0.25) is 0 Å². The van der Waals surface area contributed by atoms with Crippen molar-refractivity contribution in [2.24, 2.45) is 5.92 Å². The first-order valence-electron chi connectivity index (χ1n) is 7.44. The Hall–Kier alpha value is -1.84. The number of hydrogen-bond acceptors (Lipinski definition) is 4. The fourth-order valence-electron chi connectivity index (χ4n) is 2.67. The molecule has 4 nitrogen and oxygen atoms in total. The smallest absolute Gasteiger partial charge is 0.316 e. The molecule has 1 atom stereocenters. The summed E-state index contributed by atoms with van der Waals surface area (Å²) in [6, 6.07) is 3.92. The summed E-state index contributed by atoms with van der Waals surface area (Å²) >= 11 is 0. The average molecular weight is 290 g/mol. The van der Waals surface area contributed by atoms with Crippen molar-refractivity contribution in [3.63, 3.8) is 0 Å². The number of benzene rings is 1. The van der Waals surface area contributed by atoms with Crippen molar-refractivity contribution in [2.45, 2.75) is 40.0 Å². The molecule has 0 N–H and O–H groups in total. The third kappa shape index (κ3) is 2.94. The summed E-state index contributed by atoms with van der Waals surface area (Å²) in [4.78, 5) is 24.8. The van der Waals surface area contributed by atoms with Crippen molar-refractivity contribution in [3.8, 4) is 5.75 Å². The second-order valence-corrected chi connectivity index (χ2v) is 5.64. The Labute approximate surface area is 125 Å². The molecule has 1 aliphatic heterocycles. The van der Waals surface area contributed by atoms with Crippen LogP contribution in [0.25, 0.3) is 0 Å². The Bertz CT molecular complexity index is 560. The van der Waals surface area contributed by atoms with Gasteiger partial charge in [0.25, 0.3) is 0 Å². The molecule has 0 amide bonds. The number of fused-ring (bicyclic) bond motifs is 1. The summed E-state index contributed by atoms with van der Waals surface area (Å²) in [5, 5.41) is 0. The highest BCUT2D eigenvalue weighted by Crippen LogP contribution is 2.36. The van der Waals surface area contributed by atoms with Gasteiger partial charge in [-0.05, 0) is 30.9 Å². The Morgan fingerprint density at radius 1 is 1.43 bits per heavy atom. The lowest BCUT2D eigenvalue weighted by Gasteiger charge is -2.17. The normalized spacial score (nSPS) is 18.0. The molecule has 114 valence electrons. The first-order valence-corrected chi connectivity index (χ1v) is 7.44. The zero-order valence-corrected chi connectivity index (χ0v) is 13.1. The summed E-state index contributed by atoms with van der Waals surface area (Å²) in [6.07, 6.45) is 0.364. The molecule has 1 unspecified atom stereocenters. The van der Waals surface area contributed by atoms with Crippen LogP contribution in [0, 0.1) is 12.8 Å². The van der Waals surface area contributed by atoms with Gasteiger partial charge in [0.15, 0.2) is 5.78 Å². The van der Waals surface area contributed by atoms with Crippen LogP contribution in [0.3, 0.4) is 0 Å². The molecule has 0 fully saturated rings. The van der Waals surface area contributed by atoms with Gasteiger partial charge in [-0.15, -0.1) is 0 Å². The minimum atomic E-state index is -0.757. The Morgan fingerprint density at radius 2 is 2.14 bits per heavy atom. The molecule has 0 aliphatic carbocycles. The Balaban J connectivity index is 2.49. The summed E-state index contributed by atoms with van der Waals surface area (Å²) in [5.74, 6) is -0.491. The lowest BCUT2D eigenvalue weighted by molar-refractivity contribution is -0.146. The fourth-order valence-corrected chi connectivity index (χ4v) is 2.67. The SMILES string of the molecule is CCOC(=O)C1CCOc2c(C(C)C)ccc(C)c2C1=O. The maximum Gasteiger partial charge on any atom is 0.316 e. The first kappa shape index (κ1) is 15.5. The van der Waals surface area contributed by atoms with Crippen LogP contribution in [0.1, 0.15) is 54.6 Å². The third-order valence-electron chi connectivity index (χ3n) is 3.81. The van der Waals surface area contributed by atoms with E-state index in [2.05, 4.69) is 13.8 Å². The van der Waals surface area contributed by atoms with Crippen molar-refractivity contribution < 1.29 is 19.1 Å². The molecule has 4 heteroatoms. The highest BCUT2D eigenvalue weighted by atomic mass is 16.5. The van der Waals surface area contributed by atoms with Gasteiger partial charge in [-0.1, -0.05) is 26.0 Å². The zero-order valence-electron chi connectivity index (χ0n) is 13.1. The van der Waals surface area contributed by atoms with E-state index < -0.39 is 11.9 Å². The lowest BCUT2D eigenvalue weighted by Crippen LogP contribution is -2.26. The van der Waals surface area contributed by atoms with Gasteiger partial charge in [0.05, 0.1) is 18.8 Å². The van der Waals surface area contributed by atoms with Crippen LogP contribution in [0.5, 0.6) is 5.75 Å². The van der Waals surface area contributed by atoms with Crippen LogP contribution in [0.15, 0.2) is 12.1 Å². The van der Waals surface area contributed by atoms with Gasteiger partial charge in [-0.2, -0.15) is 0 Å². The second-order valence-electron chi connectivity index (χ2n) is 5.64. The molecule has 21 heavy (non-hydrogen) atoms. The van der Waals surface area contributed by atoms with Crippen LogP contribution in [-0.2, 0) is 9.53 Å². The number of carbonyl (C=O) groups excluding carboxylic acids is 2. The summed E-state index contributed by atoms with van der Waals surface area (Å²) in [5.41, 5.74) is 2.39. The van der Waals surface area contributed by atoms with Crippen molar-refractivity contribution in [1.29, 1.82) is 0 Å². The number of hydrogen-bond donors (Lipinski definition) is 0. The van der Waals surface area contributed by atoms with E-state index in [0.29, 0.717) is 24.3 Å². The van der Waals surface area contributed by atoms with Crippen LogP contribution < -0.4 is 4.74 Å². The Morgan fingerprint density at radius 3 is 2.76 bits per heavy atom. The van der Waals surface area contributed by atoms with E-state index in [0.717, 1.165) is 11.1 Å². The zero-order chi connectivity index (χ0) is 15.6. The largest absolute Gasteiger partial charge is 0.492 e. The highest BCUT2D eigenvalue weighted by molar-refractivity contribution is 6.11. The van der Waals surface area contributed by atoms with Gasteiger partial charge >= 0.3 is 5.97 Å². The van der Waals surface area contributed by atoms with Crippen molar-refractivity contribution in [2.75, 3.05) is 13.2 Å².